The molecule has 0 amide bonds. The van der Waals surface area contributed by atoms with Crippen LogP contribution in [0.5, 0.6) is 0 Å². The van der Waals surface area contributed by atoms with E-state index in [9.17, 15) is 0 Å². The highest BCUT2D eigenvalue weighted by Crippen LogP contribution is 2.25. The lowest BCUT2D eigenvalue weighted by Crippen LogP contribution is -2.37. The van der Waals surface area contributed by atoms with Crippen molar-refractivity contribution >= 4 is 22.8 Å². The number of nitrogen functional groups attached to an aromatic ring is 1. The molecule has 0 aliphatic carbocycles. The van der Waals surface area contributed by atoms with Crippen molar-refractivity contribution in [2.75, 3.05) is 45.3 Å². The fourth-order valence-electron chi connectivity index (χ4n) is 3.79. The van der Waals surface area contributed by atoms with Gasteiger partial charge in [0.1, 0.15) is 5.82 Å². The third kappa shape index (κ3) is 4.63. The van der Waals surface area contributed by atoms with Crippen LogP contribution in [0.1, 0.15) is 18.4 Å². The minimum atomic E-state index is 0.369. The largest absolute Gasteiger partial charge is 0.383 e. The first-order chi connectivity index (χ1) is 14.0. The van der Waals surface area contributed by atoms with Crippen molar-refractivity contribution in [2.45, 2.75) is 25.4 Å². The number of benzene rings is 1. The summed E-state index contributed by atoms with van der Waals surface area (Å²) in [6.45, 7) is 3.04. The highest BCUT2D eigenvalue weighted by molar-refractivity contribution is 5.88. The Morgan fingerprint density at radius 1 is 1.10 bits per heavy atom. The second-order valence-electron chi connectivity index (χ2n) is 8.16. The summed E-state index contributed by atoms with van der Waals surface area (Å²) in [5, 5.41) is 4.23. The predicted molar refractivity (Wildman–Crippen MR) is 119 cm³/mol. The topological polar surface area (TPSA) is 83.2 Å². The first-order valence-electron chi connectivity index (χ1n) is 10.1. The molecule has 2 aromatic heterocycles. The normalized spacial score (nSPS) is 15.9. The number of aromatic nitrogens is 3. The number of anilines is 2. The summed E-state index contributed by atoms with van der Waals surface area (Å²) in [6, 6.07) is 12.8. The zero-order chi connectivity index (χ0) is 20.4. The van der Waals surface area contributed by atoms with Gasteiger partial charge in [-0.05, 0) is 70.8 Å². The average Bonchev–Trinajstić information content (AvgIpc) is 2.69. The fraction of sp³-hybridized carbons (Fsp3) is 0.409. The second kappa shape index (κ2) is 8.31. The number of likely N-dealkylation sites (tertiary alicyclic amines) is 1. The summed E-state index contributed by atoms with van der Waals surface area (Å²) < 4.78 is 0. The van der Waals surface area contributed by atoms with Crippen molar-refractivity contribution in [3.8, 4) is 11.3 Å². The van der Waals surface area contributed by atoms with Crippen LogP contribution in [0.25, 0.3) is 22.3 Å². The predicted octanol–water partition coefficient (Wildman–Crippen LogP) is 2.84. The fourth-order valence-corrected chi connectivity index (χ4v) is 3.79. The Labute approximate surface area is 172 Å². The summed E-state index contributed by atoms with van der Waals surface area (Å²) in [4.78, 5) is 18.4. The van der Waals surface area contributed by atoms with Gasteiger partial charge in [0, 0.05) is 18.2 Å². The molecule has 1 saturated heterocycles. The molecule has 1 fully saturated rings. The highest BCUT2D eigenvalue weighted by atomic mass is 15.2. The van der Waals surface area contributed by atoms with E-state index in [2.05, 4.69) is 70.5 Å². The molecule has 7 nitrogen and oxygen atoms in total. The van der Waals surface area contributed by atoms with Crippen LogP contribution in [-0.4, -0.2) is 65.0 Å². The molecule has 3 aromatic rings. The molecule has 0 saturated carbocycles. The van der Waals surface area contributed by atoms with Gasteiger partial charge in [-0.2, -0.15) is 9.97 Å². The van der Waals surface area contributed by atoms with Crippen LogP contribution >= 0.6 is 0 Å². The number of nitrogens with one attached hydrogen (secondary N) is 1. The monoisotopic (exact) mass is 391 g/mol. The molecule has 4 rings (SSSR count). The van der Waals surface area contributed by atoms with Gasteiger partial charge in [0.05, 0.1) is 11.1 Å². The Morgan fingerprint density at radius 3 is 2.66 bits per heavy atom. The molecule has 1 aliphatic rings. The van der Waals surface area contributed by atoms with Crippen molar-refractivity contribution in [3.05, 3.63) is 42.0 Å². The van der Waals surface area contributed by atoms with Crippen molar-refractivity contribution < 1.29 is 0 Å². The standard InChI is InChI=1S/C22H29N7/c1-28(2)14-15-5-4-6-16(13-15)19-8-7-18-20(23)26-22(27-21(18)25-19)24-17-9-11-29(3)12-10-17/h4-8,13,17H,9-12,14H2,1-3H3,(H3,23,24,25,26,27). The molecule has 0 radical (unpaired) electrons. The van der Waals surface area contributed by atoms with Gasteiger partial charge >= 0.3 is 0 Å². The van der Waals surface area contributed by atoms with Gasteiger partial charge in [-0.3, -0.25) is 0 Å². The average molecular weight is 392 g/mol. The van der Waals surface area contributed by atoms with Crippen molar-refractivity contribution in [3.63, 3.8) is 0 Å². The number of rotatable bonds is 5. The third-order valence-electron chi connectivity index (χ3n) is 5.36. The van der Waals surface area contributed by atoms with Gasteiger partial charge in [-0.25, -0.2) is 4.98 Å². The van der Waals surface area contributed by atoms with Crippen LogP contribution in [0.15, 0.2) is 36.4 Å². The van der Waals surface area contributed by atoms with Crippen LogP contribution < -0.4 is 11.1 Å². The molecule has 0 spiro atoms. The first kappa shape index (κ1) is 19.5. The van der Waals surface area contributed by atoms with Gasteiger partial charge in [-0.15, -0.1) is 0 Å². The van der Waals surface area contributed by atoms with E-state index < -0.39 is 0 Å². The van der Waals surface area contributed by atoms with Gasteiger partial charge in [0.25, 0.3) is 0 Å². The van der Waals surface area contributed by atoms with E-state index in [1.165, 1.54) is 5.56 Å². The van der Waals surface area contributed by atoms with Crippen LogP contribution in [0.3, 0.4) is 0 Å². The van der Waals surface area contributed by atoms with E-state index in [4.69, 9.17) is 10.7 Å². The van der Waals surface area contributed by atoms with Crippen LogP contribution in [-0.2, 0) is 6.54 Å². The molecule has 7 heteroatoms. The molecule has 0 atom stereocenters. The van der Waals surface area contributed by atoms with Crippen molar-refractivity contribution in [1.82, 2.24) is 24.8 Å². The van der Waals surface area contributed by atoms with Gasteiger partial charge in [0.15, 0.2) is 5.65 Å². The number of piperidine rings is 1. The Kier molecular flexibility index (Phi) is 5.60. The first-order valence-corrected chi connectivity index (χ1v) is 10.1. The Hall–Kier alpha value is -2.77. The molecule has 0 unspecified atom stereocenters. The number of fused-ring (bicyclic) bond motifs is 1. The lowest BCUT2D eigenvalue weighted by molar-refractivity contribution is 0.263. The number of nitrogens with two attached hydrogens (primary N) is 1. The zero-order valence-corrected chi connectivity index (χ0v) is 17.4. The second-order valence-corrected chi connectivity index (χ2v) is 8.16. The number of hydrogen-bond donors (Lipinski definition) is 2. The highest BCUT2D eigenvalue weighted by Gasteiger charge is 2.18. The number of nitrogens with zero attached hydrogens (tertiary/aromatic N) is 5. The molecule has 3 heterocycles. The maximum absolute atomic E-state index is 6.21. The minimum Gasteiger partial charge on any atom is -0.383 e. The lowest BCUT2D eigenvalue weighted by atomic mass is 10.1. The summed E-state index contributed by atoms with van der Waals surface area (Å²) in [6.07, 6.45) is 2.15. The maximum atomic E-state index is 6.21. The van der Waals surface area contributed by atoms with E-state index in [0.717, 1.165) is 49.1 Å². The minimum absolute atomic E-state index is 0.369. The Bertz CT molecular complexity index is 994. The molecule has 29 heavy (non-hydrogen) atoms. The molecule has 152 valence electrons. The molecule has 1 aromatic carbocycles. The quantitative estimate of drug-likeness (QED) is 0.692. The number of hydrogen-bond acceptors (Lipinski definition) is 7. The summed E-state index contributed by atoms with van der Waals surface area (Å²) in [5.74, 6) is 1.03. The van der Waals surface area contributed by atoms with E-state index in [1.807, 2.05) is 12.1 Å². The molecule has 0 bridgehead atoms. The molecular weight excluding hydrogens is 362 g/mol. The van der Waals surface area contributed by atoms with Gasteiger partial charge in [-0.1, -0.05) is 18.2 Å². The molecule has 3 N–H and O–H groups in total. The third-order valence-corrected chi connectivity index (χ3v) is 5.36. The van der Waals surface area contributed by atoms with E-state index in [1.54, 1.807) is 0 Å². The van der Waals surface area contributed by atoms with Gasteiger partial charge < -0.3 is 20.9 Å². The van der Waals surface area contributed by atoms with Crippen molar-refractivity contribution in [2.24, 2.45) is 0 Å². The van der Waals surface area contributed by atoms with Crippen LogP contribution in [0, 0.1) is 0 Å². The smallest absolute Gasteiger partial charge is 0.226 e. The molecule has 1 aliphatic heterocycles. The van der Waals surface area contributed by atoms with Crippen LogP contribution in [0.4, 0.5) is 11.8 Å². The van der Waals surface area contributed by atoms with E-state index in [-0.39, 0.29) is 0 Å². The SMILES string of the molecule is CN(C)Cc1cccc(-c2ccc3c(N)nc(NC4CCN(C)CC4)nc3n2)c1. The summed E-state index contributed by atoms with van der Waals surface area (Å²) in [7, 11) is 6.29. The van der Waals surface area contributed by atoms with Crippen LogP contribution in [0.2, 0.25) is 0 Å². The summed E-state index contributed by atoms with van der Waals surface area (Å²) in [5.41, 5.74) is 10.1. The molecular formula is C22H29N7. The Balaban J connectivity index is 1.62. The van der Waals surface area contributed by atoms with E-state index >= 15 is 0 Å². The maximum Gasteiger partial charge on any atom is 0.226 e. The lowest BCUT2D eigenvalue weighted by Gasteiger charge is -2.29. The zero-order valence-electron chi connectivity index (χ0n) is 17.4. The van der Waals surface area contributed by atoms with E-state index in [0.29, 0.717) is 23.5 Å². The Morgan fingerprint density at radius 2 is 1.90 bits per heavy atom. The van der Waals surface area contributed by atoms with Gasteiger partial charge in [0.2, 0.25) is 5.95 Å². The van der Waals surface area contributed by atoms with Crippen molar-refractivity contribution in [1.29, 1.82) is 0 Å². The number of pyridine rings is 1. The summed E-state index contributed by atoms with van der Waals surface area (Å²) >= 11 is 0.